The van der Waals surface area contributed by atoms with Crippen LogP contribution in [0.2, 0.25) is 0 Å². The van der Waals surface area contributed by atoms with Gasteiger partial charge in [-0.05, 0) is 49.9 Å². The molecule has 1 heterocycles. The van der Waals surface area contributed by atoms with E-state index in [2.05, 4.69) is 18.3 Å². The molecule has 3 nitrogen and oxygen atoms in total. The maximum Gasteiger partial charge on any atom is 0.161 e. The van der Waals surface area contributed by atoms with E-state index < -0.39 is 0 Å². The Morgan fingerprint density at radius 3 is 2.65 bits per heavy atom. The zero-order chi connectivity index (χ0) is 12.3. The standard InChI is InChI=1S/C14H21NO2/c1-3-10-8-12(11-4-6-15-7-5-11)14(16)13(9-10)17-2/h8-9,11,15-16H,3-7H2,1-2H3. The molecule has 1 aromatic carbocycles. The van der Waals surface area contributed by atoms with E-state index in [1.807, 2.05) is 6.07 Å². The van der Waals surface area contributed by atoms with Gasteiger partial charge in [0.25, 0.3) is 0 Å². The fourth-order valence-corrected chi connectivity index (χ4v) is 2.49. The summed E-state index contributed by atoms with van der Waals surface area (Å²) in [4.78, 5) is 0. The second kappa shape index (κ2) is 5.41. The third kappa shape index (κ3) is 2.55. The molecule has 1 fully saturated rings. The van der Waals surface area contributed by atoms with Gasteiger partial charge in [0.1, 0.15) is 0 Å². The summed E-state index contributed by atoms with van der Waals surface area (Å²) < 4.78 is 5.25. The van der Waals surface area contributed by atoms with Crippen LogP contribution in [0.3, 0.4) is 0 Å². The zero-order valence-corrected chi connectivity index (χ0v) is 10.6. The lowest BCUT2D eigenvalue weighted by Gasteiger charge is -2.25. The predicted octanol–water partition coefficient (Wildman–Crippen LogP) is 2.43. The maximum atomic E-state index is 10.2. The number of nitrogens with one attached hydrogen (secondary N) is 1. The summed E-state index contributed by atoms with van der Waals surface area (Å²) in [5, 5.41) is 13.6. The molecular formula is C14H21NO2. The Hall–Kier alpha value is -1.22. The monoisotopic (exact) mass is 235 g/mol. The number of benzene rings is 1. The highest BCUT2D eigenvalue weighted by atomic mass is 16.5. The summed E-state index contributed by atoms with van der Waals surface area (Å²) in [6, 6.07) is 4.06. The van der Waals surface area contributed by atoms with Crippen LogP contribution < -0.4 is 10.1 Å². The van der Waals surface area contributed by atoms with Crippen LogP contribution in [0.4, 0.5) is 0 Å². The number of methoxy groups -OCH3 is 1. The topological polar surface area (TPSA) is 41.5 Å². The molecule has 0 aliphatic carbocycles. The molecule has 17 heavy (non-hydrogen) atoms. The van der Waals surface area contributed by atoms with Crippen LogP contribution in [0, 0.1) is 0 Å². The van der Waals surface area contributed by atoms with Crippen molar-refractivity contribution in [3.63, 3.8) is 0 Å². The summed E-state index contributed by atoms with van der Waals surface area (Å²) in [5.41, 5.74) is 2.29. The van der Waals surface area contributed by atoms with Crippen LogP contribution in [0.1, 0.15) is 36.8 Å². The molecule has 1 aliphatic rings. The number of hydrogen-bond donors (Lipinski definition) is 2. The molecule has 0 saturated carbocycles. The Balaban J connectivity index is 2.36. The van der Waals surface area contributed by atoms with Crippen LogP contribution in [0.15, 0.2) is 12.1 Å². The van der Waals surface area contributed by atoms with Gasteiger partial charge < -0.3 is 15.2 Å². The maximum absolute atomic E-state index is 10.2. The van der Waals surface area contributed by atoms with Crippen molar-refractivity contribution in [1.82, 2.24) is 5.32 Å². The highest BCUT2D eigenvalue weighted by Crippen LogP contribution is 2.39. The lowest BCUT2D eigenvalue weighted by molar-refractivity contribution is 0.362. The van der Waals surface area contributed by atoms with Gasteiger partial charge in [-0.25, -0.2) is 0 Å². The number of phenolic OH excluding ortho intramolecular Hbond substituents is 1. The van der Waals surface area contributed by atoms with Crippen molar-refractivity contribution in [1.29, 1.82) is 0 Å². The molecule has 0 amide bonds. The number of aryl methyl sites for hydroxylation is 1. The van der Waals surface area contributed by atoms with Gasteiger partial charge in [0.2, 0.25) is 0 Å². The van der Waals surface area contributed by atoms with Crippen molar-refractivity contribution < 1.29 is 9.84 Å². The molecule has 2 rings (SSSR count). The molecule has 0 atom stereocenters. The van der Waals surface area contributed by atoms with Gasteiger partial charge in [-0.1, -0.05) is 13.0 Å². The lowest BCUT2D eigenvalue weighted by Crippen LogP contribution is -2.26. The Kier molecular flexibility index (Phi) is 3.89. The molecular weight excluding hydrogens is 214 g/mol. The first-order valence-corrected chi connectivity index (χ1v) is 6.36. The van der Waals surface area contributed by atoms with Crippen molar-refractivity contribution in [2.24, 2.45) is 0 Å². The summed E-state index contributed by atoms with van der Waals surface area (Å²) in [7, 11) is 1.61. The van der Waals surface area contributed by atoms with Gasteiger partial charge in [-0.3, -0.25) is 0 Å². The SMILES string of the molecule is CCc1cc(OC)c(O)c(C2CCNCC2)c1. The summed E-state index contributed by atoms with van der Waals surface area (Å²) in [5.74, 6) is 1.39. The number of piperidine rings is 1. The van der Waals surface area contributed by atoms with E-state index in [0.29, 0.717) is 17.4 Å². The van der Waals surface area contributed by atoms with Gasteiger partial charge >= 0.3 is 0 Å². The molecule has 0 aromatic heterocycles. The van der Waals surface area contributed by atoms with Crippen molar-refractivity contribution >= 4 is 0 Å². The van der Waals surface area contributed by atoms with Crippen LogP contribution >= 0.6 is 0 Å². The number of hydrogen-bond acceptors (Lipinski definition) is 3. The van der Waals surface area contributed by atoms with Gasteiger partial charge in [-0.2, -0.15) is 0 Å². The summed E-state index contributed by atoms with van der Waals surface area (Å²) in [6.45, 7) is 4.18. The summed E-state index contributed by atoms with van der Waals surface area (Å²) in [6.07, 6.45) is 3.14. The van der Waals surface area contributed by atoms with E-state index in [0.717, 1.165) is 37.9 Å². The molecule has 0 spiro atoms. The average Bonchev–Trinajstić information content (AvgIpc) is 2.40. The minimum atomic E-state index is 0.330. The van der Waals surface area contributed by atoms with Gasteiger partial charge in [0, 0.05) is 5.56 Å². The van der Waals surface area contributed by atoms with Crippen LogP contribution in [-0.2, 0) is 6.42 Å². The first kappa shape index (κ1) is 12.2. The van der Waals surface area contributed by atoms with Crippen molar-refractivity contribution in [2.75, 3.05) is 20.2 Å². The fourth-order valence-electron chi connectivity index (χ4n) is 2.49. The third-order valence-electron chi connectivity index (χ3n) is 3.57. The zero-order valence-electron chi connectivity index (χ0n) is 10.6. The number of aromatic hydroxyl groups is 1. The average molecular weight is 235 g/mol. The Morgan fingerprint density at radius 1 is 1.35 bits per heavy atom. The Morgan fingerprint density at radius 2 is 2.06 bits per heavy atom. The Labute approximate surface area is 103 Å². The van der Waals surface area contributed by atoms with Crippen molar-refractivity contribution in [3.8, 4) is 11.5 Å². The molecule has 94 valence electrons. The molecule has 0 radical (unpaired) electrons. The van der Waals surface area contributed by atoms with E-state index in [-0.39, 0.29) is 0 Å². The molecule has 0 bridgehead atoms. The number of ether oxygens (including phenoxy) is 1. The first-order valence-electron chi connectivity index (χ1n) is 6.36. The van der Waals surface area contributed by atoms with Crippen molar-refractivity contribution in [3.05, 3.63) is 23.3 Å². The molecule has 1 saturated heterocycles. The third-order valence-corrected chi connectivity index (χ3v) is 3.57. The minimum absolute atomic E-state index is 0.330. The minimum Gasteiger partial charge on any atom is -0.504 e. The smallest absolute Gasteiger partial charge is 0.161 e. The van der Waals surface area contributed by atoms with Crippen LogP contribution in [-0.4, -0.2) is 25.3 Å². The van der Waals surface area contributed by atoms with E-state index in [4.69, 9.17) is 4.74 Å². The van der Waals surface area contributed by atoms with E-state index >= 15 is 0 Å². The largest absolute Gasteiger partial charge is 0.504 e. The molecule has 1 aliphatic heterocycles. The predicted molar refractivity (Wildman–Crippen MR) is 68.9 cm³/mol. The van der Waals surface area contributed by atoms with E-state index in [9.17, 15) is 5.11 Å². The van der Waals surface area contributed by atoms with Crippen LogP contribution in [0.25, 0.3) is 0 Å². The second-order valence-electron chi connectivity index (χ2n) is 4.61. The van der Waals surface area contributed by atoms with E-state index in [1.165, 1.54) is 5.56 Å². The van der Waals surface area contributed by atoms with E-state index in [1.54, 1.807) is 7.11 Å². The normalized spacial score (nSPS) is 17.1. The molecule has 1 aromatic rings. The van der Waals surface area contributed by atoms with Crippen LogP contribution in [0.5, 0.6) is 11.5 Å². The van der Waals surface area contributed by atoms with Gasteiger partial charge in [-0.15, -0.1) is 0 Å². The highest BCUT2D eigenvalue weighted by molar-refractivity contribution is 5.50. The Bertz CT molecular complexity index is 384. The molecule has 2 N–H and O–H groups in total. The number of phenols is 1. The fraction of sp³-hybridized carbons (Fsp3) is 0.571. The quantitative estimate of drug-likeness (QED) is 0.845. The molecule has 0 unspecified atom stereocenters. The molecule has 3 heteroatoms. The number of rotatable bonds is 3. The second-order valence-corrected chi connectivity index (χ2v) is 4.61. The highest BCUT2D eigenvalue weighted by Gasteiger charge is 2.21. The lowest BCUT2D eigenvalue weighted by atomic mass is 9.88. The van der Waals surface area contributed by atoms with Gasteiger partial charge in [0.15, 0.2) is 11.5 Å². The first-order chi connectivity index (χ1) is 8.26. The van der Waals surface area contributed by atoms with Crippen molar-refractivity contribution in [2.45, 2.75) is 32.1 Å². The summed E-state index contributed by atoms with van der Waals surface area (Å²) >= 11 is 0. The van der Waals surface area contributed by atoms with Gasteiger partial charge in [0.05, 0.1) is 7.11 Å².